The Bertz CT molecular complexity index is 947. The lowest BCUT2D eigenvalue weighted by Gasteiger charge is -2.42. The maximum atomic E-state index is 13.9. The molecule has 0 bridgehead atoms. The van der Waals surface area contributed by atoms with E-state index in [9.17, 15) is 18.8 Å². The number of halogens is 1. The average Bonchev–Trinajstić information content (AvgIpc) is 2.87. The molecule has 0 aliphatic carbocycles. The Morgan fingerprint density at radius 1 is 1.19 bits per heavy atom. The van der Waals surface area contributed by atoms with Crippen molar-refractivity contribution >= 4 is 40.9 Å². The molecule has 1 saturated heterocycles. The van der Waals surface area contributed by atoms with Crippen LogP contribution in [0.2, 0.25) is 0 Å². The van der Waals surface area contributed by atoms with Crippen LogP contribution in [0.1, 0.15) is 22.3 Å². The van der Waals surface area contributed by atoms with Gasteiger partial charge in [0.2, 0.25) is 10.8 Å². The van der Waals surface area contributed by atoms with E-state index in [1.54, 1.807) is 0 Å². The van der Waals surface area contributed by atoms with Crippen LogP contribution in [0, 0.1) is 5.82 Å². The molecule has 4 rings (SSSR count). The van der Waals surface area contributed by atoms with Crippen LogP contribution in [0.15, 0.2) is 42.5 Å². The number of carbonyl (C=O) groups excluding carboxylic acids is 2. The Kier molecular flexibility index (Phi) is 3.73. The fourth-order valence-electron chi connectivity index (χ4n) is 3.32. The molecule has 2 aliphatic rings. The fraction of sp³-hybridized carbons (Fsp3) is 0.167. The quantitative estimate of drug-likeness (QED) is 0.847. The molecular formula is C18H13FN2O4S. The third-order valence-electron chi connectivity index (χ3n) is 4.47. The minimum absolute atomic E-state index is 0.0715. The van der Waals surface area contributed by atoms with Gasteiger partial charge in [0.1, 0.15) is 5.82 Å². The monoisotopic (exact) mass is 372 g/mol. The Labute approximate surface area is 152 Å². The molecule has 2 amide bonds. The van der Waals surface area contributed by atoms with Crippen molar-refractivity contribution in [2.45, 2.75) is 11.3 Å². The zero-order valence-corrected chi connectivity index (χ0v) is 14.2. The third-order valence-corrected chi connectivity index (χ3v) is 5.88. The van der Waals surface area contributed by atoms with Crippen LogP contribution in [0.3, 0.4) is 0 Å². The molecule has 1 unspecified atom stereocenters. The van der Waals surface area contributed by atoms with Crippen molar-refractivity contribution in [3.8, 4) is 0 Å². The Morgan fingerprint density at radius 2 is 1.92 bits per heavy atom. The van der Waals surface area contributed by atoms with Crippen molar-refractivity contribution < 1.29 is 23.9 Å². The number of hydrogen-bond donors (Lipinski definition) is 2. The van der Waals surface area contributed by atoms with E-state index in [0.717, 1.165) is 0 Å². The van der Waals surface area contributed by atoms with Gasteiger partial charge >= 0.3 is 5.97 Å². The van der Waals surface area contributed by atoms with Crippen LogP contribution in [-0.2, 0) is 14.5 Å². The number of nitrogens with one attached hydrogen (secondary N) is 1. The Balaban J connectivity index is 1.89. The first-order chi connectivity index (χ1) is 12.4. The van der Waals surface area contributed by atoms with Crippen molar-refractivity contribution in [1.29, 1.82) is 0 Å². The van der Waals surface area contributed by atoms with Crippen LogP contribution >= 0.6 is 11.8 Å². The maximum absolute atomic E-state index is 13.9. The molecule has 1 atom stereocenters. The number of hydrogen-bond acceptors (Lipinski definition) is 4. The number of carboxylic acid groups (broad SMARTS) is 1. The van der Waals surface area contributed by atoms with Gasteiger partial charge in [-0.3, -0.25) is 14.5 Å². The summed E-state index contributed by atoms with van der Waals surface area (Å²) in [5, 5.41) is 11.8. The molecule has 0 aromatic heterocycles. The van der Waals surface area contributed by atoms with E-state index in [4.69, 9.17) is 5.11 Å². The van der Waals surface area contributed by atoms with E-state index in [1.165, 1.54) is 59.1 Å². The number of fused-ring (bicyclic) bond motifs is 2. The highest BCUT2D eigenvalue weighted by molar-refractivity contribution is 8.01. The fourth-order valence-corrected chi connectivity index (χ4v) is 4.73. The second-order valence-electron chi connectivity index (χ2n) is 5.97. The molecule has 6 nitrogen and oxygen atoms in total. The first-order valence-corrected chi connectivity index (χ1v) is 8.84. The van der Waals surface area contributed by atoms with E-state index >= 15 is 0 Å². The second kappa shape index (κ2) is 5.84. The van der Waals surface area contributed by atoms with E-state index in [1.807, 2.05) is 0 Å². The molecule has 2 aliphatic heterocycles. The van der Waals surface area contributed by atoms with Crippen LogP contribution in [0.4, 0.5) is 15.8 Å². The minimum Gasteiger partial charge on any atom is -0.478 e. The van der Waals surface area contributed by atoms with Crippen LogP contribution < -0.4 is 10.2 Å². The van der Waals surface area contributed by atoms with Gasteiger partial charge in [-0.25, -0.2) is 9.18 Å². The number of anilines is 2. The summed E-state index contributed by atoms with van der Waals surface area (Å²) in [7, 11) is 0. The SMILES string of the molecule is O=C(O)c1ccc(N2C(=O)CCSC23C(=O)Nc2ccc(F)cc23)cc1. The highest BCUT2D eigenvalue weighted by Gasteiger charge is 2.56. The smallest absolute Gasteiger partial charge is 0.335 e. The molecule has 0 saturated carbocycles. The predicted octanol–water partition coefficient (Wildman–Crippen LogP) is 2.80. The summed E-state index contributed by atoms with van der Waals surface area (Å²) in [6.45, 7) is 0. The predicted molar refractivity (Wildman–Crippen MR) is 94.7 cm³/mol. The molecule has 0 radical (unpaired) electrons. The lowest BCUT2D eigenvalue weighted by atomic mass is 10.0. The van der Waals surface area contributed by atoms with E-state index in [2.05, 4.69) is 5.32 Å². The first kappa shape index (κ1) is 16.6. The summed E-state index contributed by atoms with van der Waals surface area (Å²) in [5.41, 5.74) is 1.32. The van der Waals surface area contributed by atoms with E-state index in [-0.39, 0.29) is 17.9 Å². The molecule has 132 valence electrons. The molecule has 2 heterocycles. The standard InChI is InChI=1S/C18H13FN2O4S/c19-11-3-6-14-13(9-11)18(17(25)20-14)21(15(22)7-8-26-18)12-4-1-10(2-5-12)16(23)24/h1-6,9H,7-8H2,(H,20,25)(H,23,24). The van der Waals surface area contributed by atoms with Crippen molar-refractivity contribution in [2.75, 3.05) is 16.0 Å². The minimum atomic E-state index is -1.41. The van der Waals surface area contributed by atoms with Crippen LogP contribution in [0.5, 0.6) is 0 Å². The van der Waals surface area contributed by atoms with Gasteiger partial charge in [0.25, 0.3) is 5.91 Å². The molecule has 1 fully saturated rings. The van der Waals surface area contributed by atoms with Gasteiger partial charge in [0.05, 0.1) is 5.56 Å². The number of carboxylic acids is 1. The first-order valence-electron chi connectivity index (χ1n) is 7.85. The molecule has 2 N–H and O–H groups in total. The Morgan fingerprint density at radius 3 is 2.62 bits per heavy atom. The lowest BCUT2D eigenvalue weighted by Crippen LogP contribution is -2.55. The number of amides is 2. The van der Waals surface area contributed by atoms with Gasteiger partial charge in [-0.2, -0.15) is 0 Å². The number of benzene rings is 2. The van der Waals surface area contributed by atoms with Crippen LogP contribution in [-0.4, -0.2) is 28.6 Å². The van der Waals surface area contributed by atoms with Gasteiger partial charge in [-0.15, -0.1) is 11.8 Å². The van der Waals surface area contributed by atoms with E-state index in [0.29, 0.717) is 22.7 Å². The summed E-state index contributed by atoms with van der Waals surface area (Å²) in [6, 6.07) is 9.70. The van der Waals surface area contributed by atoms with Crippen LogP contribution in [0.25, 0.3) is 0 Å². The highest BCUT2D eigenvalue weighted by atomic mass is 32.2. The van der Waals surface area contributed by atoms with Crippen molar-refractivity contribution in [1.82, 2.24) is 0 Å². The normalized spacial score (nSPS) is 21.7. The average molecular weight is 372 g/mol. The summed E-state index contributed by atoms with van der Waals surface area (Å²) in [6.07, 6.45) is 0.227. The lowest BCUT2D eigenvalue weighted by molar-refractivity contribution is -0.124. The van der Waals surface area contributed by atoms with Gasteiger partial charge < -0.3 is 10.4 Å². The maximum Gasteiger partial charge on any atom is 0.335 e. The van der Waals surface area contributed by atoms with Gasteiger partial charge in [-0.1, -0.05) is 0 Å². The summed E-state index contributed by atoms with van der Waals surface area (Å²) < 4.78 is 13.9. The molecule has 2 aromatic carbocycles. The van der Waals surface area contributed by atoms with Gasteiger partial charge in [-0.05, 0) is 42.5 Å². The van der Waals surface area contributed by atoms with Gasteiger partial charge in [0, 0.05) is 29.1 Å². The second-order valence-corrected chi connectivity index (χ2v) is 7.26. The Hall–Kier alpha value is -2.87. The molecule has 1 spiro atoms. The number of aromatic carboxylic acids is 1. The highest BCUT2D eigenvalue weighted by Crippen LogP contribution is 2.52. The topological polar surface area (TPSA) is 86.7 Å². The number of thioether (sulfide) groups is 1. The molecular weight excluding hydrogens is 359 g/mol. The summed E-state index contributed by atoms with van der Waals surface area (Å²) in [5.74, 6) is -1.86. The molecule has 8 heteroatoms. The molecule has 26 heavy (non-hydrogen) atoms. The van der Waals surface area contributed by atoms with Crippen molar-refractivity contribution in [3.05, 3.63) is 59.4 Å². The van der Waals surface area contributed by atoms with Crippen molar-refractivity contribution in [3.63, 3.8) is 0 Å². The number of nitrogens with zero attached hydrogens (tertiary/aromatic N) is 1. The van der Waals surface area contributed by atoms with Crippen molar-refractivity contribution in [2.24, 2.45) is 0 Å². The van der Waals surface area contributed by atoms with Gasteiger partial charge in [0.15, 0.2) is 0 Å². The summed E-state index contributed by atoms with van der Waals surface area (Å²) >= 11 is 1.26. The largest absolute Gasteiger partial charge is 0.478 e. The zero-order chi connectivity index (χ0) is 18.5. The van der Waals surface area contributed by atoms with E-state index < -0.39 is 22.6 Å². The third kappa shape index (κ3) is 2.29. The molecule has 2 aromatic rings. The zero-order valence-electron chi connectivity index (χ0n) is 13.4. The number of carbonyl (C=O) groups is 3. The number of rotatable bonds is 2. The summed E-state index contributed by atoms with van der Waals surface area (Å²) in [4.78, 5) is 36.6.